The topological polar surface area (TPSA) is 54.5 Å². The average molecular weight is 335 g/mol. The monoisotopic (exact) mass is 335 g/mol. The predicted octanol–water partition coefficient (Wildman–Crippen LogP) is 2.79. The first-order chi connectivity index (χ1) is 12.1. The van der Waals surface area contributed by atoms with Crippen LogP contribution in [0.1, 0.15) is 29.4 Å². The van der Waals surface area contributed by atoms with Crippen molar-refractivity contribution in [2.24, 2.45) is 11.8 Å². The van der Waals surface area contributed by atoms with Crippen LogP contribution in [0.4, 0.5) is 10.1 Å². The molecule has 2 aromatic carbocycles. The van der Waals surface area contributed by atoms with Crippen LogP contribution in [-0.4, -0.2) is 17.6 Å². The lowest BCUT2D eigenvalue weighted by atomic mass is 9.56. The highest BCUT2D eigenvalue weighted by Gasteiger charge is 2.62. The molecule has 25 heavy (non-hydrogen) atoms. The van der Waals surface area contributed by atoms with Gasteiger partial charge in [-0.3, -0.25) is 14.4 Å². The summed E-state index contributed by atoms with van der Waals surface area (Å²) < 4.78 is 14.2. The summed E-state index contributed by atoms with van der Waals surface area (Å²) in [6.07, 6.45) is 0.271. The van der Waals surface area contributed by atoms with Gasteiger partial charge in [0.05, 0.1) is 23.4 Å². The molecule has 1 saturated heterocycles. The number of imide groups is 1. The number of benzene rings is 2. The van der Waals surface area contributed by atoms with E-state index >= 15 is 0 Å². The summed E-state index contributed by atoms with van der Waals surface area (Å²) >= 11 is 0. The summed E-state index contributed by atoms with van der Waals surface area (Å²) in [5.41, 5.74) is 1.80. The first kappa shape index (κ1) is 14.5. The maximum Gasteiger partial charge on any atom is 0.238 e. The third-order valence-corrected chi connectivity index (χ3v) is 5.78. The van der Waals surface area contributed by atoms with Crippen LogP contribution < -0.4 is 4.90 Å². The molecule has 3 aliphatic carbocycles. The van der Waals surface area contributed by atoms with Gasteiger partial charge in [-0.15, -0.1) is 0 Å². The molecule has 0 unspecified atom stereocenters. The summed E-state index contributed by atoms with van der Waals surface area (Å²) in [5.74, 6) is -3.65. The SMILES string of the molecule is O=C1C[C@H]2c3ccccc3[C@H]1[C@H]1C(=O)N(c3ccccc3F)C(=O)[C@H]12. The highest BCUT2D eigenvalue weighted by molar-refractivity contribution is 6.24. The van der Waals surface area contributed by atoms with Crippen LogP contribution in [0.3, 0.4) is 0 Å². The number of hydrogen-bond donors (Lipinski definition) is 0. The molecule has 0 N–H and O–H groups in total. The third-order valence-electron chi connectivity index (χ3n) is 5.78. The molecular formula is C20H14FNO3. The number of anilines is 1. The van der Waals surface area contributed by atoms with Gasteiger partial charge in [0.15, 0.2) is 0 Å². The molecule has 4 aliphatic rings. The molecule has 2 amide bonds. The second-order valence-corrected chi connectivity index (χ2v) is 6.90. The highest BCUT2D eigenvalue weighted by Crippen LogP contribution is 2.57. The fourth-order valence-electron chi connectivity index (χ4n) is 4.83. The molecule has 0 aromatic heterocycles. The van der Waals surface area contributed by atoms with Gasteiger partial charge in [0.2, 0.25) is 11.8 Å². The van der Waals surface area contributed by atoms with Gasteiger partial charge in [-0.1, -0.05) is 36.4 Å². The van der Waals surface area contributed by atoms with Gasteiger partial charge in [-0.2, -0.15) is 0 Å². The predicted molar refractivity (Wildman–Crippen MR) is 87.4 cm³/mol. The van der Waals surface area contributed by atoms with Gasteiger partial charge in [0.25, 0.3) is 0 Å². The summed E-state index contributed by atoms with van der Waals surface area (Å²) in [6.45, 7) is 0. The Morgan fingerprint density at radius 3 is 2.24 bits per heavy atom. The first-order valence-electron chi connectivity index (χ1n) is 8.33. The molecule has 1 saturated carbocycles. The normalized spacial score (nSPS) is 29.8. The van der Waals surface area contributed by atoms with Crippen molar-refractivity contribution in [2.45, 2.75) is 18.3 Å². The minimum absolute atomic E-state index is 0.00137. The number of carbonyl (C=O) groups is 3. The number of carbonyl (C=O) groups excluding carboxylic acids is 3. The van der Waals surface area contributed by atoms with E-state index < -0.39 is 35.4 Å². The minimum Gasteiger partial charge on any atom is -0.299 e. The van der Waals surface area contributed by atoms with E-state index in [0.717, 1.165) is 16.0 Å². The lowest BCUT2D eigenvalue weighted by Gasteiger charge is -2.43. The number of hydrogen-bond acceptors (Lipinski definition) is 3. The number of amides is 2. The van der Waals surface area contributed by atoms with E-state index in [1.165, 1.54) is 18.2 Å². The van der Waals surface area contributed by atoms with Crippen LogP contribution >= 0.6 is 0 Å². The summed E-state index contributed by atoms with van der Waals surface area (Å²) in [4.78, 5) is 39.6. The number of fused-ring (bicyclic) bond motifs is 1. The van der Waals surface area contributed by atoms with Crippen LogP contribution in [0.2, 0.25) is 0 Å². The number of nitrogens with zero attached hydrogens (tertiary/aromatic N) is 1. The zero-order valence-electron chi connectivity index (χ0n) is 13.2. The average Bonchev–Trinajstić information content (AvgIpc) is 2.88. The van der Waals surface area contributed by atoms with E-state index in [9.17, 15) is 18.8 Å². The largest absolute Gasteiger partial charge is 0.299 e. The van der Waals surface area contributed by atoms with Crippen molar-refractivity contribution in [3.63, 3.8) is 0 Å². The number of Topliss-reactive ketones (excluding diaryl/α,β-unsaturated/α-hetero) is 1. The summed E-state index contributed by atoms with van der Waals surface area (Å²) in [6, 6.07) is 13.3. The van der Waals surface area contributed by atoms with Crippen LogP contribution in [0.15, 0.2) is 48.5 Å². The maximum absolute atomic E-state index is 14.2. The zero-order chi connectivity index (χ0) is 17.3. The Labute approximate surface area is 143 Å². The molecule has 4 nitrogen and oxygen atoms in total. The van der Waals surface area contributed by atoms with Gasteiger partial charge in [-0.25, -0.2) is 9.29 Å². The van der Waals surface area contributed by atoms with Gasteiger partial charge >= 0.3 is 0 Å². The Balaban J connectivity index is 1.68. The Morgan fingerprint density at radius 2 is 1.48 bits per heavy atom. The Hall–Kier alpha value is -2.82. The maximum atomic E-state index is 14.2. The first-order valence-corrected chi connectivity index (χ1v) is 8.33. The number of rotatable bonds is 1. The second kappa shape index (κ2) is 4.85. The molecule has 1 aliphatic heterocycles. The molecule has 2 fully saturated rings. The van der Waals surface area contributed by atoms with E-state index in [4.69, 9.17) is 0 Å². The van der Waals surface area contributed by atoms with Crippen LogP contribution in [0.25, 0.3) is 0 Å². The van der Waals surface area contributed by atoms with Crippen molar-refractivity contribution in [1.29, 1.82) is 0 Å². The van der Waals surface area contributed by atoms with Crippen molar-refractivity contribution < 1.29 is 18.8 Å². The molecule has 124 valence electrons. The second-order valence-electron chi connectivity index (χ2n) is 6.90. The zero-order valence-corrected chi connectivity index (χ0v) is 13.2. The number of ketones is 1. The smallest absolute Gasteiger partial charge is 0.238 e. The van der Waals surface area contributed by atoms with E-state index in [1.54, 1.807) is 6.07 Å². The Kier molecular flexibility index (Phi) is 2.82. The molecule has 1 heterocycles. The fraction of sp³-hybridized carbons (Fsp3) is 0.250. The van der Waals surface area contributed by atoms with Crippen molar-refractivity contribution in [2.75, 3.05) is 4.90 Å². The third kappa shape index (κ3) is 1.73. The molecule has 2 aromatic rings. The Morgan fingerprint density at radius 1 is 0.840 bits per heavy atom. The Bertz CT molecular complexity index is 953. The van der Waals surface area contributed by atoms with E-state index in [1.807, 2.05) is 24.3 Å². The lowest BCUT2D eigenvalue weighted by molar-refractivity contribution is -0.134. The molecule has 4 atom stereocenters. The fourth-order valence-corrected chi connectivity index (χ4v) is 4.83. The van der Waals surface area contributed by atoms with Crippen LogP contribution in [0.5, 0.6) is 0 Å². The van der Waals surface area contributed by atoms with Crippen LogP contribution in [-0.2, 0) is 14.4 Å². The van der Waals surface area contributed by atoms with E-state index in [2.05, 4.69) is 0 Å². The van der Waals surface area contributed by atoms with Crippen molar-refractivity contribution in [1.82, 2.24) is 0 Å². The minimum atomic E-state index is -0.715. The van der Waals surface area contributed by atoms with Gasteiger partial charge < -0.3 is 0 Å². The highest BCUT2D eigenvalue weighted by atomic mass is 19.1. The van der Waals surface area contributed by atoms with Gasteiger partial charge in [-0.05, 0) is 23.3 Å². The number of para-hydroxylation sites is 1. The van der Waals surface area contributed by atoms with Crippen molar-refractivity contribution in [3.8, 4) is 0 Å². The summed E-state index contributed by atoms with van der Waals surface area (Å²) in [5, 5.41) is 0. The van der Waals surface area contributed by atoms with Crippen molar-refractivity contribution in [3.05, 3.63) is 65.5 Å². The van der Waals surface area contributed by atoms with Crippen molar-refractivity contribution >= 4 is 23.3 Å². The van der Waals surface area contributed by atoms with Gasteiger partial charge in [0.1, 0.15) is 11.6 Å². The molecular weight excluding hydrogens is 321 g/mol. The van der Waals surface area contributed by atoms with Gasteiger partial charge in [0, 0.05) is 12.3 Å². The van der Waals surface area contributed by atoms with E-state index in [0.29, 0.717) is 0 Å². The molecule has 0 spiro atoms. The summed E-state index contributed by atoms with van der Waals surface area (Å²) in [7, 11) is 0. The van der Waals surface area contributed by atoms with Crippen LogP contribution in [0, 0.1) is 17.7 Å². The lowest BCUT2D eigenvalue weighted by Crippen LogP contribution is -2.44. The molecule has 5 heteroatoms. The quantitative estimate of drug-likeness (QED) is 0.753. The standard InChI is InChI=1S/C20H14FNO3/c21-13-7-3-4-8-14(13)22-19(24)17-12-9-15(23)16(18(17)20(22)25)11-6-2-1-5-10(11)12/h1-8,12,16-18H,9H2/t12-,16+,17-,18+/m0/s1. The van der Waals surface area contributed by atoms with E-state index in [-0.39, 0.29) is 23.8 Å². The molecule has 2 bridgehead atoms. The molecule has 0 radical (unpaired) electrons. The molecule has 6 rings (SSSR count). The number of halogens is 1.